The lowest BCUT2D eigenvalue weighted by molar-refractivity contribution is -0.0987. The maximum Gasteiger partial charge on any atom is 0.159 e. The molecule has 0 unspecified atom stereocenters. The Hall–Kier alpha value is -3.33. The summed E-state index contributed by atoms with van der Waals surface area (Å²) in [6.45, 7) is 13.7. The second-order valence-corrected chi connectivity index (χ2v) is 5.23. The highest BCUT2D eigenvalue weighted by Crippen LogP contribution is 1.97. The minimum absolute atomic E-state index is 0.121. The van der Waals surface area contributed by atoms with Gasteiger partial charge in [-0.2, -0.15) is 0 Å². The molecule has 0 amide bonds. The Kier molecular flexibility index (Phi) is 25.9. The highest BCUT2D eigenvalue weighted by atomic mass is 16.1. The topological polar surface area (TPSA) is 51.2 Å². The molecule has 0 saturated heterocycles. The van der Waals surface area contributed by atoms with E-state index < -0.39 is 0 Å². The predicted molar refractivity (Wildman–Crippen MR) is 124 cm³/mol. The van der Waals surface area contributed by atoms with E-state index in [-0.39, 0.29) is 5.78 Å². The van der Waals surface area contributed by atoms with Gasteiger partial charge < -0.3 is 9.59 Å². The quantitative estimate of drug-likeness (QED) is 0.441. The van der Waals surface area contributed by atoms with Crippen molar-refractivity contribution in [1.82, 2.24) is 0 Å². The molecular weight excluding hydrogens is 360 g/mol. The number of hydrogen-bond donors (Lipinski definition) is 0. The molecule has 0 fully saturated rings. The van der Waals surface area contributed by atoms with Gasteiger partial charge >= 0.3 is 0 Å². The van der Waals surface area contributed by atoms with Crippen LogP contribution in [-0.2, 0) is 9.59 Å². The summed E-state index contributed by atoms with van der Waals surface area (Å²) in [5.41, 5.74) is 3.42. The SMILES string of the molecule is C=O.C=O.CC.CC(=O)c1ccccc1.Cc1ccccc1.Cc1ccccc1. The molecule has 3 aromatic carbocycles. The normalized spacial score (nSPS) is 7.48. The fourth-order valence-electron chi connectivity index (χ4n) is 1.74. The first-order valence-corrected chi connectivity index (χ1v) is 9.26. The Balaban J connectivity index is -0.000000311. The lowest BCUT2D eigenvalue weighted by Gasteiger charge is -1.89. The fourth-order valence-corrected chi connectivity index (χ4v) is 1.74. The van der Waals surface area contributed by atoms with Gasteiger partial charge in [-0.1, -0.05) is 116 Å². The minimum atomic E-state index is 0.121. The van der Waals surface area contributed by atoms with Crippen molar-refractivity contribution in [3.63, 3.8) is 0 Å². The molecule has 0 saturated carbocycles. The zero-order valence-corrected chi connectivity index (χ0v) is 18.3. The van der Waals surface area contributed by atoms with Gasteiger partial charge in [0, 0.05) is 5.56 Å². The summed E-state index contributed by atoms with van der Waals surface area (Å²) >= 11 is 0. The molecule has 0 atom stereocenters. The Morgan fingerprint density at radius 1 is 0.552 bits per heavy atom. The summed E-state index contributed by atoms with van der Waals surface area (Å²) in [5, 5.41) is 0. The molecule has 0 spiro atoms. The second kappa shape index (κ2) is 24.7. The highest BCUT2D eigenvalue weighted by Gasteiger charge is 1.92. The van der Waals surface area contributed by atoms with Crippen LogP contribution < -0.4 is 0 Å². The van der Waals surface area contributed by atoms with Crippen LogP contribution in [0.2, 0.25) is 0 Å². The van der Waals surface area contributed by atoms with E-state index >= 15 is 0 Å². The van der Waals surface area contributed by atoms with Crippen molar-refractivity contribution >= 4 is 19.4 Å². The van der Waals surface area contributed by atoms with E-state index in [1.807, 2.05) is 94.2 Å². The van der Waals surface area contributed by atoms with E-state index in [4.69, 9.17) is 9.59 Å². The van der Waals surface area contributed by atoms with Crippen LogP contribution in [0.15, 0.2) is 91.0 Å². The monoisotopic (exact) mass is 394 g/mol. The summed E-state index contributed by atoms with van der Waals surface area (Å²) in [6, 6.07) is 29.7. The van der Waals surface area contributed by atoms with E-state index in [1.165, 1.54) is 11.1 Å². The molecule has 0 aromatic heterocycles. The third kappa shape index (κ3) is 20.8. The van der Waals surface area contributed by atoms with Crippen molar-refractivity contribution in [2.24, 2.45) is 0 Å². The van der Waals surface area contributed by atoms with Crippen LogP contribution in [0.25, 0.3) is 0 Å². The third-order valence-corrected chi connectivity index (χ3v) is 3.06. The number of Topliss-reactive ketones (excluding diaryl/α,β-unsaturated/α-hetero) is 1. The van der Waals surface area contributed by atoms with E-state index in [2.05, 4.69) is 38.1 Å². The first kappa shape index (κ1) is 30.4. The number of carbonyl (C=O) groups excluding carboxylic acids is 3. The Bertz CT molecular complexity index is 656. The average molecular weight is 395 g/mol. The number of benzene rings is 3. The molecule has 0 aliphatic heterocycles. The largest absolute Gasteiger partial charge is 0.307 e. The predicted octanol–water partition coefficient (Wildman–Crippen LogP) is 6.54. The van der Waals surface area contributed by atoms with Crippen molar-refractivity contribution < 1.29 is 14.4 Å². The zero-order valence-electron chi connectivity index (χ0n) is 18.3. The summed E-state index contributed by atoms with van der Waals surface area (Å²) in [5.74, 6) is 0.121. The number of aryl methyl sites for hydroxylation is 2. The van der Waals surface area contributed by atoms with Crippen molar-refractivity contribution in [2.75, 3.05) is 0 Å². The van der Waals surface area contributed by atoms with Crippen LogP contribution in [0.1, 0.15) is 42.3 Å². The lowest BCUT2D eigenvalue weighted by Crippen LogP contribution is -1.88. The Labute approximate surface area is 176 Å². The van der Waals surface area contributed by atoms with Crippen LogP contribution in [0.3, 0.4) is 0 Å². The molecule has 3 rings (SSSR count). The van der Waals surface area contributed by atoms with E-state index in [0.29, 0.717) is 0 Å². The number of ketones is 1. The highest BCUT2D eigenvalue weighted by molar-refractivity contribution is 5.93. The maximum absolute atomic E-state index is 10.6. The lowest BCUT2D eigenvalue weighted by atomic mass is 10.2. The van der Waals surface area contributed by atoms with Gasteiger partial charge in [0.15, 0.2) is 5.78 Å². The summed E-state index contributed by atoms with van der Waals surface area (Å²) < 4.78 is 0. The maximum atomic E-state index is 10.6. The molecule has 0 aliphatic carbocycles. The fraction of sp³-hybridized carbons (Fsp3) is 0.192. The van der Waals surface area contributed by atoms with Crippen LogP contribution in [-0.4, -0.2) is 19.4 Å². The molecule has 3 nitrogen and oxygen atoms in total. The number of carbonyl (C=O) groups is 3. The van der Waals surface area contributed by atoms with Gasteiger partial charge in [0.2, 0.25) is 0 Å². The molecule has 29 heavy (non-hydrogen) atoms. The molecule has 0 aliphatic rings. The zero-order chi connectivity index (χ0) is 22.9. The molecule has 0 heterocycles. The summed E-state index contributed by atoms with van der Waals surface area (Å²) in [7, 11) is 0. The number of rotatable bonds is 1. The van der Waals surface area contributed by atoms with Crippen molar-refractivity contribution in [3.8, 4) is 0 Å². The van der Waals surface area contributed by atoms with Crippen LogP contribution >= 0.6 is 0 Å². The van der Waals surface area contributed by atoms with Crippen molar-refractivity contribution in [3.05, 3.63) is 108 Å². The van der Waals surface area contributed by atoms with Gasteiger partial charge in [0.1, 0.15) is 13.6 Å². The van der Waals surface area contributed by atoms with Gasteiger partial charge in [0.05, 0.1) is 0 Å². The Morgan fingerprint density at radius 3 is 0.931 bits per heavy atom. The third-order valence-electron chi connectivity index (χ3n) is 3.06. The number of hydrogen-bond acceptors (Lipinski definition) is 3. The second-order valence-electron chi connectivity index (χ2n) is 5.23. The molecule has 0 radical (unpaired) electrons. The van der Waals surface area contributed by atoms with Crippen LogP contribution in [0.4, 0.5) is 0 Å². The summed E-state index contributed by atoms with van der Waals surface area (Å²) in [4.78, 5) is 26.6. The van der Waals surface area contributed by atoms with Crippen LogP contribution in [0, 0.1) is 13.8 Å². The first-order valence-electron chi connectivity index (χ1n) is 9.26. The van der Waals surface area contributed by atoms with Gasteiger partial charge in [-0.25, -0.2) is 0 Å². The smallest absolute Gasteiger partial charge is 0.159 e. The van der Waals surface area contributed by atoms with Crippen molar-refractivity contribution in [1.29, 1.82) is 0 Å². The average Bonchev–Trinajstić information content (AvgIpc) is 2.80. The van der Waals surface area contributed by atoms with Gasteiger partial charge in [-0.15, -0.1) is 0 Å². The van der Waals surface area contributed by atoms with Gasteiger partial charge in [0.25, 0.3) is 0 Å². The first-order chi connectivity index (χ1) is 14.1. The standard InChI is InChI=1S/C8H8O.2C7H8.C2H6.2CH2O/c1-7(9)8-5-3-2-4-6-8;2*1-7-5-3-2-4-6-7;3*1-2/h2-6H,1H3;2*2-6H,1H3;1-2H3;2*1H2. The molecule has 156 valence electrons. The molecule has 3 heteroatoms. The molecule has 0 N–H and O–H groups in total. The molecule has 0 bridgehead atoms. The van der Waals surface area contributed by atoms with Gasteiger partial charge in [-0.05, 0) is 20.8 Å². The molecule has 3 aromatic rings. The minimum Gasteiger partial charge on any atom is -0.307 e. The molecular formula is C26H34O3. The van der Waals surface area contributed by atoms with E-state index in [0.717, 1.165) is 5.56 Å². The van der Waals surface area contributed by atoms with Crippen molar-refractivity contribution in [2.45, 2.75) is 34.6 Å². The van der Waals surface area contributed by atoms with E-state index in [9.17, 15) is 4.79 Å². The van der Waals surface area contributed by atoms with E-state index in [1.54, 1.807) is 6.92 Å². The Morgan fingerprint density at radius 2 is 0.793 bits per heavy atom. The van der Waals surface area contributed by atoms with Gasteiger partial charge in [-0.3, -0.25) is 4.79 Å². The van der Waals surface area contributed by atoms with Crippen LogP contribution in [0.5, 0.6) is 0 Å². The summed E-state index contributed by atoms with van der Waals surface area (Å²) in [6.07, 6.45) is 0.